The Balaban J connectivity index is 1.81. The number of aliphatic carboxylic acids is 1. The number of carboxylic acid groups (broad SMARTS) is 1. The molecule has 8 nitrogen and oxygen atoms in total. The number of piperidine rings is 1. The summed E-state index contributed by atoms with van der Waals surface area (Å²) < 4.78 is 47.5. The highest BCUT2D eigenvalue weighted by atomic mass is 32.2. The second kappa shape index (κ2) is 6.93. The molecule has 1 aromatic heterocycles. The molecule has 3 rings (SSSR count). The standard InChI is InChI=1S/C17H20FN3O5S/c1-12-3-4-14(18)15(9-12)26-17(16(22)23)5-7-21(8-6-17)27(24,25)13-10-19-20(2)11-13/h3-4,9-11H,5-8H2,1-2H3,(H,22,23). The van der Waals surface area contributed by atoms with Crippen LogP contribution in [-0.2, 0) is 21.9 Å². The molecule has 1 N–H and O–H groups in total. The summed E-state index contributed by atoms with van der Waals surface area (Å²) in [7, 11) is -2.17. The van der Waals surface area contributed by atoms with Gasteiger partial charge < -0.3 is 9.84 Å². The van der Waals surface area contributed by atoms with Gasteiger partial charge in [0.15, 0.2) is 11.6 Å². The molecular weight excluding hydrogens is 377 g/mol. The molecule has 146 valence electrons. The zero-order chi connectivity index (χ0) is 19.8. The van der Waals surface area contributed by atoms with E-state index in [0.717, 1.165) is 5.56 Å². The van der Waals surface area contributed by atoms with Gasteiger partial charge in [-0.25, -0.2) is 17.6 Å². The van der Waals surface area contributed by atoms with Crippen molar-refractivity contribution >= 4 is 16.0 Å². The minimum atomic E-state index is -3.78. The third-order valence-electron chi connectivity index (χ3n) is 4.63. The number of carboxylic acids is 1. The number of hydrogen-bond donors (Lipinski definition) is 1. The summed E-state index contributed by atoms with van der Waals surface area (Å²) in [5, 5.41) is 13.5. The van der Waals surface area contributed by atoms with E-state index >= 15 is 0 Å². The van der Waals surface area contributed by atoms with Gasteiger partial charge in [-0.3, -0.25) is 4.68 Å². The van der Waals surface area contributed by atoms with Crippen LogP contribution in [0.4, 0.5) is 4.39 Å². The van der Waals surface area contributed by atoms with Crippen LogP contribution in [0, 0.1) is 12.7 Å². The van der Waals surface area contributed by atoms with Gasteiger partial charge in [-0.05, 0) is 24.6 Å². The van der Waals surface area contributed by atoms with E-state index in [1.54, 1.807) is 20.0 Å². The van der Waals surface area contributed by atoms with E-state index in [-0.39, 0.29) is 36.6 Å². The molecule has 0 unspecified atom stereocenters. The van der Waals surface area contributed by atoms with E-state index in [9.17, 15) is 22.7 Å². The fraction of sp³-hybridized carbons (Fsp3) is 0.412. The molecule has 10 heteroatoms. The van der Waals surface area contributed by atoms with Gasteiger partial charge in [-0.1, -0.05) is 6.07 Å². The van der Waals surface area contributed by atoms with Crippen LogP contribution in [-0.4, -0.2) is 52.3 Å². The molecule has 0 aliphatic carbocycles. The molecule has 27 heavy (non-hydrogen) atoms. The van der Waals surface area contributed by atoms with Crippen molar-refractivity contribution in [3.63, 3.8) is 0 Å². The van der Waals surface area contributed by atoms with Gasteiger partial charge in [0.1, 0.15) is 4.90 Å². The maximum atomic E-state index is 14.0. The first-order valence-electron chi connectivity index (χ1n) is 8.31. The monoisotopic (exact) mass is 397 g/mol. The fourth-order valence-corrected chi connectivity index (χ4v) is 4.46. The SMILES string of the molecule is Cc1ccc(F)c(OC2(C(=O)O)CCN(S(=O)(=O)c3cnn(C)c3)CC2)c1. The largest absolute Gasteiger partial charge is 0.478 e. The molecule has 1 aromatic carbocycles. The smallest absolute Gasteiger partial charge is 0.348 e. The van der Waals surface area contributed by atoms with Crippen molar-refractivity contribution in [3.05, 3.63) is 42.0 Å². The maximum Gasteiger partial charge on any atom is 0.348 e. The Bertz CT molecular complexity index is 965. The van der Waals surface area contributed by atoms with Gasteiger partial charge >= 0.3 is 5.97 Å². The highest BCUT2D eigenvalue weighted by Crippen LogP contribution is 2.33. The van der Waals surface area contributed by atoms with Crippen molar-refractivity contribution in [1.29, 1.82) is 0 Å². The van der Waals surface area contributed by atoms with Gasteiger partial charge in [-0.2, -0.15) is 9.40 Å². The van der Waals surface area contributed by atoms with Gasteiger partial charge in [0.25, 0.3) is 0 Å². The van der Waals surface area contributed by atoms with Crippen LogP contribution >= 0.6 is 0 Å². The minimum Gasteiger partial charge on any atom is -0.478 e. The van der Waals surface area contributed by atoms with Crippen LogP contribution in [0.5, 0.6) is 5.75 Å². The van der Waals surface area contributed by atoms with Crippen molar-refractivity contribution in [2.45, 2.75) is 30.3 Å². The number of aromatic nitrogens is 2. The molecule has 0 saturated carbocycles. The van der Waals surface area contributed by atoms with Gasteiger partial charge in [0.2, 0.25) is 15.6 Å². The summed E-state index contributed by atoms with van der Waals surface area (Å²) in [6.45, 7) is 1.62. The van der Waals surface area contributed by atoms with Crippen molar-refractivity contribution in [2.75, 3.05) is 13.1 Å². The third kappa shape index (κ3) is 3.67. The lowest BCUT2D eigenvalue weighted by molar-refractivity contribution is -0.159. The molecule has 1 aliphatic rings. The maximum absolute atomic E-state index is 14.0. The number of benzene rings is 1. The zero-order valence-corrected chi connectivity index (χ0v) is 15.7. The number of ether oxygens (including phenoxy) is 1. The predicted octanol–water partition coefficient (Wildman–Crippen LogP) is 1.55. The summed E-state index contributed by atoms with van der Waals surface area (Å²) in [5.41, 5.74) is -0.959. The van der Waals surface area contributed by atoms with Crippen LogP contribution in [0.15, 0.2) is 35.5 Å². The number of rotatable bonds is 5. The predicted molar refractivity (Wildman–Crippen MR) is 93.3 cm³/mol. The third-order valence-corrected chi connectivity index (χ3v) is 6.48. The van der Waals surface area contributed by atoms with Gasteiger partial charge in [0, 0.05) is 39.2 Å². The molecule has 1 aliphatic heterocycles. The quantitative estimate of drug-likeness (QED) is 0.822. The van der Waals surface area contributed by atoms with Crippen molar-refractivity contribution in [3.8, 4) is 5.75 Å². The Hall–Kier alpha value is -2.46. The normalized spacial score (nSPS) is 17.6. The Morgan fingerprint density at radius 3 is 2.56 bits per heavy atom. The topological polar surface area (TPSA) is 102 Å². The Kier molecular flexibility index (Phi) is 4.96. The van der Waals surface area contributed by atoms with E-state index in [1.165, 1.54) is 33.5 Å². The fourth-order valence-electron chi connectivity index (χ4n) is 3.03. The van der Waals surface area contributed by atoms with E-state index in [1.807, 2.05) is 0 Å². The average Bonchev–Trinajstić information content (AvgIpc) is 3.06. The lowest BCUT2D eigenvalue weighted by Crippen LogP contribution is -2.54. The summed E-state index contributed by atoms with van der Waals surface area (Å²) in [4.78, 5) is 11.9. The second-order valence-electron chi connectivity index (χ2n) is 6.59. The Labute approximate surface area is 156 Å². The summed E-state index contributed by atoms with van der Waals surface area (Å²) >= 11 is 0. The number of aryl methyl sites for hydroxylation is 2. The first-order valence-corrected chi connectivity index (χ1v) is 9.75. The Morgan fingerprint density at radius 1 is 1.33 bits per heavy atom. The average molecular weight is 397 g/mol. The molecular formula is C17H20FN3O5S. The molecule has 0 radical (unpaired) electrons. The van der Waals surface area contributed by atoms with Crippen molar-refractivity contribution in [2.24, 2.45) is 7.05 Å². The van der Waals surface area contributed by atoms with Crippen LogP contribution < -0.4 is 4.74 Å². The molecule has 2 aromatic rings. The number of hydrogen-bond acceptors (Lipinski definition) is 5. The van der Waals surface area contributed by atoms with E-state index < -0.39 is 27.4 Å². The second-order valence-corrected chi connectivity index (χ2v) is 8.53. The molecule has 1 saturated heterocycles. The highest BCUT2D eigenvalue weighted by molar-refractivity contribution is 7.89. The van der Waals surface area contributed by atoms with E-state index in [4.69, 9.17) is 4.74 Å². The number of sulfonamides is 1. The zero-order valence-electron chi connectivity index (χ0n) is 14.9. The van der Waals surface area contributed by atoms with Crippen molar-refractivity contribution in [1.82, 2.24) is 14.1 Å². The number of nitrogens with zero attached hydrogens (tertiary/aromatic N) is 3. The lowest BCUT2D eigenvalue weighted by atomic mass is 9.92. The highest BCUT2D eigenvalue weighted by Gasteiger charge is 2.47. The number of carbonyl (C=O) groups is 1. The molecule has 2 heterocycles. The number of halogens is 1. The lowest BCUT2D eigenvalue weighted by Gasteiger charge is -2.38. The molecule has 0 spiro atoms. The first-order chi connectivity index (χ1) is 12.6. The Morgan fingerprint density at radius 2 is 2.00 bits per heavy atom. The molecule has 1 fully saturated rings. The summed E-state index contributed by atoms with van der Waals surface area (Å²) in [6, 6.07) is 4.19. The first kappa shape index (κ1) is 19.3. The van der Waals surface area contributed by atoms with Crippen molar-refractivity contribution < 1.29 is 27.4 Å². The van der Waals surface area contributed by atoms with Crippen LogP contribution in [0.1, 0.15) is 18.4 Å². The summed E-state index contributed by atoms with van der Waals surface area (Å²) in [6.07, 6.45) is 2.42. The van der Waals surface area contributed by atoms with E-state index in [2.05, 4.69) is 5.10 Å². The van der Waals surface area contributed by atoms with E-state index in [0.29, 0.717) is 0 Å². The van der Waals surface area contributed by atoms with Crippen LogP contribution in [0.25, 0.3) is 0 Å². The van der Waals surface area contributed by atoms with Gasteiger partial charge in [0.05, 0.1) is 6.20 Å². The minimum absolute atomic E-state index is 0.0403. The molecule has 0 bridgehead atoms. The molecule has 0 amide bonds. The van der Waals surface area contributed by atoms with Crippen LogP contribution in [0.3, 0.4) is 0 Å². The summed E-state index contributed by atoms with van der Waals surface area (Å²) in [5.74, 6) is -2.06. The van der Waals surface area contributed by atoms with Crippen LogP contribution in [0.2, 0.25) is 0 Å². The molecule has 0 atom stereocenters. The van der Waals surface area contributed by atoms with Gasteiger partial charge in [-0.15, -0.1) is 0 Å².